The summed E-state index contributed by atoms with van der Waals surface area (Å²) in [6.07, 6.45) is 0.738. The molecule has 3 aromatic heterocycles. The molecular formula is C34H39F4N5O4. The number of imidazole rings is 1. The van der Waals surface area contributed by atoms with E-state index in [1.165, 1.54) is 12.1 Å². The fraction of sp³-hybridized carbons (Fsp3) is 0.412. The van der Waals surface area contributed by atoms with Crippen molar-refractivity contribution < 1.29 is 32.3 Å². The van der Waals surface area contributed by atoms with Crippen molar-refractivity contribution in [3.63, 3.8) is 0 Å². The molecule has 47 heavy (non-hydrogen) atoms. The average Bonchev–Trinajstić information content (AvgIpc) is 3.42. The summed E-state index contributed by atoms with van der Waals surface area (Å²) in [5, 5.41) is 12.6. The van der Waals surface area contributed by atoms with Crippen LogP contribution in [0.15, 0.2) is 53.8 Å². The number of aliphatic carboxylic acids is 1. The molecule has 13 heteroatoms. The molecule has 0 saturated carbocycles. The van der Waals surface area contributed by atoms with Gasteiger partial charge in [-0.1, -0.05) is 13.8 Å². The van der Waals surface area contributed by atoms with E-state index >= 15 is 0 Å². The van der Waals surface area contributed by atoms with Crippen LogP contribution < -0.4 is 10.9 Å². The van der Waals surface area contributed by atoms with Crippen molar-refractivity contribution in [2.45, 2.75) is 65.2 Å². The fourth-order valence-electron chi connectivity index (χ4n) is 5.90. The number of pyridine rings is 2. The van der Waals surface area contributed by atoms with E-state index in [1.54, 1.807) is 61.9 Å². The predicted molar refractivity (Wildman–Crippen MR) is 170 cm³/mol. The van der Waals surface area contributed by atoms with Crippen molar-refractivity contribution in [3.05, 3.63) is 93.0 Å². The van der Waals surface area contributed by atoms with Gasteiger partial charge in [-0.2, -0.15) is 13.2 Å². The van der Waals surface area contributed by atoms with Gasteiger partial charge in [-0.15, -0.1) is 0 Å². The number of amides is 1. The van der Waals surface area contributed by atoms with Crippen LogP contribution in [-0.4, -0.2) is 56.5 Å². The van der Waals surface area contributed by atoms with Crippen LogP contribution in [0, 0.1) is 25.6 Å². The molecule has 0 radical (unpaired) electrons. The maximum Gasteiger partial charge on any atom is 0.416 e. The molecule has 0 aliphatic heterocycles. The Morgan fingerprint density at radius 2 is 1.72 bits per heavy atom. The third-order valence-electron chi connectivity index (χ3n) is 8.00. The first-order valence-corrected chi connectivity index (χ1v) is 15.2. The lowest BCUT2D eigenvalue weighted by Gasteiger charge is -2.26. The van der Waals surface area contributed by atoms with Gasteiger partial charge in [0, 0.05) is 43.0 Å². The SMILES string of the molecule is Cc1cc(F)cc(C)c1-c1cc(C(CC(=O)O)NC(=O)C(CC(C)C)n2cc(CCN(C)C)c(C(F)(F)F)cc2=O)cn2ccnc12. The number of halogens is 4. The van der Waals surface area contributed by atoms with Gasteiger partial charge in [-0.3, -0.25) is 14.4 Å². The lowest BCUT2D eigenvalue weighted by atomic mass is 9.93. The highest BCUT2D eigenvalue weighted by Gasteiger charge is 2.36. The predicted octanol–water partition coefficient (Wildman–Crippen LogP) is 5.96. The number of nitrogens with zero attached hydrogens (tertiary/aromatic N) is 4. The van der Waals surface area contributed by atoms with Crippen LogP contribution in [0.25, 0.3) is 16.8 Å². The number of fused-ring (bicyclic) bond motifs is 1. The van der Waals surface area contributed by atoms with Crippen LogP contribution in [0.1, 0.15) is 66.6 Å². The monoisotopic (exact) mass is 657 g/mol. The molecule has 2 N–H and O–H groups in total. The second kappa shape index (κ2) is 14.1. The lowest BCUT2D eigenvalue weighted by Crippen LogP contribution is -2.40. The fourth-order valence-corrected chi connectivity index (χ4v) is 5.90. The maximum atomic E-state index is 14.2. The zero-order valence-corrected chi connectivity index (χ0v) is 27.2. The zero-order valence-electron chi connectivity index (χ0n) is 27.2. The van der Waals surface area contributed by atoms with E-state index in [4.69, 9.17) is 0 Å². The molecule has 1 amide bonds. The van der Waals surface area contributed by atoms with Crippen molar-refractivity contribution in [2.75, 3.05) is 20.6 Å². The molecule has 4 rings (SSSR count). The largest absolute Gasteiger partial charge is 0.481 e. The molecule has 3 heterocycles. The number of carbonyl (C=O) groups is 2. The first-order chi connectivity index (χ1) is 22.0. The first kappa shape index (κ1) is 35.3. The number of carboxylic acid groups (broad SMARTS) is 1. The number of carboxylic acids is 1. The van der Waals surface area contributed by atoms with Gasteiger partial charge in [-0.05, 0) is 92.7 Å². The van der Waals surface area contributed by atoms with Crippen molar-refractivity contribution in [2.24, 2.45) is 5.92 Å². The highest BCUT2D eigenvalue weighted by Crippen LogP contribution is 2.35. The Labute approximate surface area is 269 Å². The molecule has 0 saturated heterocycles. The lowest BCUT2D eigenvalue weighted by molar-refractivity contribution is -0.139. The van der Waals surface area contributed by atoms with Crippen LogP contribution in [0.3, 0.4) is 0 Å². The maximum absolute atomic E-state index is 14.2. The minimum atomic E-state index is -4.77. The molecule has 252 valence electrons. The number of aryl methyl sites for hydroxylation is 2. The molecule has 0 aliphatic carbocycles. The molecule has 2 unspecified atom stereocenters. The summed E-state index contributed by atoms with van der Waals surface area (Å²) < 4.78 is 58.6. The first-order valence-electron chi connectivity index (χ1n) is 15.2. The van der Waals surface area contributed by atoms with Gasteiger partial charge < -0.3 is 24.3 Å². The van der Waals surface area contributed by atoms with Crippen molar-refractivity contribution in [1.82, 2.24) is 24.2 Å². The Morgan fingerprint density at radius 3 is 2.30 bits per heavy atom. The van der Waals surface area contributed by atoms with Crippen molar-refractivity contribution >= 4 is 17.5 Å². The minimum Gasteiger partial charge on any atom is -0.481 e. The summed E-state index contributed by atoms with van der Waals surface area (Å²) >= 11 is 0. The van der Waals surface area contributed by atoms with Gasteiger partial charge in [0.1, 0.15) is 17.5 Å². The van der Waals surface area contributed by atoms with E-state index in [0.29, 0.717) is 39.5 Å². The molecular weight excluding hydrogens is 618 g/mol. The molecule has 1 aromatic carbocycles. The third-order valence-corrected chi connectivity index (χ3v) is 8.00. The second-order valence-corrected chi connectivity index (χ2v) is 12.6. The van der Waals surface area contributed by atoms with Gasteiger partial charge in [0.2, 0.25) is 5.91 Å². The number of rotatable bonds is 12. The Kier molecular flexibility index (Phi) is 10.6. The number of carbonyl (C=O) groups excluding carboxylic acids is 1. The van der Waals surface area contributed by atoms with E-state index in [9.17, 15) is 37.1 Å². The summed E-state index contributed by atoms with van der Waals surface area (Å²) in [5.41, 5.74) is 1.31. The Balaban J connectivity index is 1.82. The summed E-state index contributed by atoms with van der Waals surface area (Å²) in [6.45, 7) is 7.39. The highest BCUT2D eigenvalue weighted by atomic mass is 19.4. The molecule has 4 aromatic rings. The van der Waals surface area contributed by atoms with Gasteiger partial charge in [0.05, 0.1) is 18.0 Å². The number of benzene rings is 1. The van der Waals surface area contributed by atoms with Crippen LogP contribution in [0.5, 0.6) is 0 Å². The van der Waals surface area contributed by atoms with Crippen molar-refractivity contribution in [1.29, 1.82) is 0 Å². The minimum absolute atomic E-state index is 0.0182. The number of nitrogens with one attached hydrogen (secondary N) is 1. The molecule has 9 nitrogen and oxygen atoms in total. The number of likely N-dealkylation sites (N-methyl/N-ethyl adjacent to an activating group) is 1. The number of hydrogen-bond acceptors (Lipinski definition) is 5. The highest BCUT2D eigenvalue weighted by molar-refractivity contribution is 5.84. The summed E-state index contributed by atoms with van der Waals surface area (Å²) in [5.74, 6) is -2.49. The van der Waals surface area contributed by atoms with E-state index in [1.807, 2.05) is 13.8 Å². The Bertz CT molecular complexity index is 1820. The van der Waals surface area contributed by atoms with E-state index in [0.717, 1.165) is 10.8 Å². The molecule has 0 spiro atoms. The molecule has 0 aliphatic rings. The average molecular weight is 658 g/mol. The smallest absolute Gasteiger partial charge is 0.416 e. The summed E-state index contributed by atoms with van der Waals surface area (Å²) in [4.78, 5) is 45.4. The van der Waals surface area contributed by atoms with Crippen LogP contribution >= 0.6 is 0 Å². The van der Waals surface area contributed by atoms with E-state index in [2.05, 4.69) is 10.3 Å². The number of alkyl halides is 3. The zero-order chi connectivity index (χ0) is 34.8. The Hall–Kier alpha value is -4.52. The van der Waals surface area contributed by atoms with E-state index < -0.39 is 53.5 Å². The van der Waals surface area contributed by atoms with E-state index in [-0.39, 0.29) is 30.9 Å². The molecule has 0 bridgehead atoms. The van der Waals surface area contributed by atoms with Crippen LogP contribution in [0.4, 0.5) is 17.6 Å². The van der Waals surface area contributed by atoms with Gasteiger partial charge in [0.25, 0.3) is 5.56 Å². The van der Waals surface area contributed by atoms with Gasteiger partial charge in [0.15, 0.2) is 0 Å². The summed E-state index contributed by atoms with van der Waals surface area (Å²) in [7, 11) is 3.43. The quantitative estimate of drug-likeness (QED) is 0.182. The topological polar surface area (TPSA) is 109 Å². The van der Waals surface area contributed by atoms with Crippen LogP contribution in [0.2, 0.25) is 0 Å². The molecule has 0 fully saturated rings. The normalized spacial score (nSPS) is 13.4. The standard InChI is InChI=1S/C34H39F4N5O4/c1-19(2)11-28(43-18-22(7-9-41(5)6)26(15-29(43)44)34(36,37)38)33(47)40-27(16-30(45)46)23-14-25(32-39-8-10-42(32)17-23)31-20(3)12-24(35)13-21(31)4/h8,10,12-15,17-19,27-28H,7,9,11,16H2,1-6H3,(H,40,47)(H,45,46). The third kappa shape index (κ3) is 8.26. The van der Waals surface area contributed by atoms with Crippen molar-refractivity contribution in [3.8, 4) is 11.1 Å². The second-order valence-electron chi connectivity index (χ2n) is 12.6. The van der Waals surface area contributed by atoms with Gasteiger partial charge in [-0.25, -0.2) is 9.37 Å². The number of hydrogen-bond donors (Lipinski definition) is 2. The van der Waals surface area contributed by atoms with Gasteiger partial charge >= 0.3 is 12.1 Å². The van der Waals surface area contributed by atoms with Crippen LogP contribution in [-0.2, 0) is 22.2 Å². The number of aromatic nitrogens is 3. The summed E-state index contributed by atoms with van der Waals surface area (Å²) in [6, 6.07) is 2.67. The Morgan fingerprint density at radius 1 is 1.06 bits per heavy atom. The molecule has 2 atom stereocenters.